The maximum atomic E-state index is 12.4. The summed E-state index contributed by atoms with van der Waals surface area (Å²) in [5, 5.41) is 6.40. The minimum atomic E-state index is -0.134. The maximum absolute atomic E-state index is 12.4. The van der Waals surface area contributed by atoms with Crippen LogP contribution in [0.4, 0.5) is 5.69 Å². The summed E-state index contributed by atoms with van der Waals surface area (Å²) in [7, 11) is 1.89. The summed E-state index contributed by atoms with van der Waals surface area (Å²) in [5.74, 6) is -0.134. The van der Waals surface area contributed by atoms with E-state index in [4.69, 9.17) is 11.6 Å². The highest BCUT2D eigenvalue weighted by Crippen LogP contribution is 2.18. The van der Waals surface area contributed by atoms with Crippen LogP contribution in [0, 0.1) is 6.92 Å². The van der Waals surface area contributed by atoms with E-state index in [0.29, 0.717) is 16.4 Å². The Morgan fingerprint density at radius 2 is 2.10 bits per heavy atom. The summed E-state index contributed by atoms with van der Waals surface area (Å²) in [5.41, 5.74) is 3.17. The van der Waals surface area contributed by atoms with Crippen molar-refractivity contribution in [2.24, 2.45) is 0 Å². The average Bonchev–Trinajstić information content (AvgIpc) is 2.49. The number of nitrogens with one attached hydrogen (secondary N) is 2. The molecule has 1 heterocycles. The minimum absolute atomic E-state index is 0.134. The Labute approximate surface area is 129 Å². The molecule has 1 amide bonds. The van der Waals surface area contributed by atoms with Crippen molar-refractivity contribution in [3.63, 3.8) is 0 Å². The van der Waals surface area contributed by atoms with Crippen LogP contribution in [0.1, 0.15) is 21.5 Å². The lowest BCUT2D eigenvalue weighted by atomic mass is 10.0. The molecule has 0 spiro atoms. The van der Waals surface area contributed by atoms with Crippen LogP contribution < -0.4 is 10.6 Å². The Hall–Kier alpha value is -1.91. The first-order valence-electron chi connectivity index (χ1n) is 6.78. The van der Waals surface area contributed by atoms with Crippen LogP contribution in [0.25, 0.3) is 0 Å². The lowest BCUT2D eigenvalue weighted by Gasteiger charge is -2.10. The van der Waals surface area contributed by atoms with E-state index >= 15 is 0 Å². The monoisotopic (exact) mass is 303 g/mol. The standard InChI is InChI=1S/C16H18ClN3O/c1-11-9-13(10-19-15(11)17)20-16(21)14-6-4-3-5-12(14)7-8-18-2/h3-6,9-10,18H,7-8H2,1-2H3,(H,20,21). The van der Waals surface area contributed by atoms with Crippen molar-refractivity contribution in [1.82, 2.24) is 10.3 Å². The Bertz CT molecular complexity index is 643. The number of amides is 1. The number of anilines is 1. The molecule has 1 aromatic heterocycles. The van der Waals surface area contributed by atoms with Crippen molar-refractivity contribution in [1.29, 1.82) is 0 Å². The molecule has 2 N–H and O–H groups in total. The van der Waals surface area contributed by atoms with Gasteiger partial charge in [0.2, 0.25) is 0 Å². The fourth-order valence-electron chi connectivity index (χ4n) is 2.04. The predicted molar refractivity (Wildman–Crippen MR) is 86.0 cm³/mol. The van der Waals surface area contributed by atoms with Crippen LogP contribution in [0.2, 0.25) is 5.15 Å². The summed E-state index contributed by atoms with van der Waals surface area (Å²) < 4.78 is 0. The number of carbonyl (C=O) groups excluding carboxylic acids is 1. The van der Waals surface area contributed by atoms with Gasteiger partial charge in [0, 0.05) is 5.56 Å². The van der Waals surface area contributed by atoms with Crippen LogP contribution in [0.15, 0.2) is 36.5 Å². The first kappa shape index (κ1) is 15.5. The molecule has 0 saturated heterocycles. The summed E-state index contributed by atoms with van der Waals surface area (Å²) in [6.45, 7) is 2.68. The smallest absolute Gasteiger partial charge is 0.255 e. The fraction of sp³-hybridized carbons (Fsp3) is 0.250. The second-order valence-corrected chi connectivity index (χ2v) is 5.15. The van der Waals surface area contributed by atoms with Gasteiger partial charge in [0.05, 0.1) is 11.9 Å². The summed E-state index contributed by atoms with van der Waals surface area (Å²) in [6, 6.07) is 9.41. The Kier molecular flexibility index (Phi) is 5.31. The highest BCUT2D eigenvalue weighted by atomic mass is 35.5. The molecule has 2 rings (SSSR count). The molecule has 0 aliphatic carbocycles. The van der Waals surface area contributed by atoms with E-state index in [9.17, 15) is 4.79 Å². The number of hydrogen-bond donors (Lipinski definition) is 2. The van der Waals surface area contributed by atoms with Crippen LogP contribution in [-0.2, 0) is 6.42 Å². The van der Waals surface area contributed by atoms with Crippen LogP contribution in [0.3, 0.4) is 0 Å². The third-order valence-corrected chi connectivity index (χ3v) is 3.57. The highest BCUT2D eigenvalue weighted by molar-refractivity contribution is 6.30. The van der Waals surface area contributed by atoms with Crippen molar-refractivity contribution in [2.75, 3.05) is 18.9 Å². The zero-order chi connectivity index (χ0) is 15.2. The van der Waals surface area contributed by atoms with Gasteiger partial charge >= 0.3 is 0 Å². The number of rotatable bonds is 5. The number of pyridine rings is 1. The summed E-state index contributed by atoms with van der Waals surface area (Å²) in [4.78, 5) is 16.4. The van der Waals surface area contributed by atoms with Gasteiger partial charge in [-0.2, -0.15) is 0 Å². The molecule has 21 heavy (non-hydrogen) atoms. The lowest BCUT2D eigenvalue weighted by Crippen LogP contribution is -2.17. The first-order valence-corrected chi connectivity index (χ1v) is 7.15. The van der Waals surface area contributed by atoms with Gasteiger partial charge in [-0.05, 0) is 50.2 Å². The molecule has 110 valence electrons. The normalized spacial score (nSPS) is 10.4. The van der Waals surface area contributed by atoms with E-state index in [0.717, 1.165) is 24.1 Å². The Balaban J connectivity index is 2.18. The van der Waals surface area contributed by atoms with E-state index in [1.165, 1.54) is 0 Å². The zero-order valence-corrected chi connectivity index (χ0v) is 12.9. The van der Waals surface area contributed by atoms with Crippen molar-refractivity contribution in [2.45, 2.75) is 13.3 Å². The largest absolute Gasteiger partial charge is 0.321 e. The van der Waals surface area contributed by atoms with Crippen molar-refractivity contribution in [3.8, 4) is 0 Å². The number of benzene rings is 1. The zero-order valence-electron chi connectivity index (χ0n) is 12.1. The Morgan fingerprint density at radius 3 is 2.81 bits per heavy atom. The minimum Gasteiger partial charge on any atom is -0.321 e. The number of likely N-dealkylation sites (N-methyl/N-ethyl adjacent to an activating group) is 1. The number of halogens is 1. The van der Waals surface area contributed by atoms with Gasteiger partial charge in [0.25, 0.3) is 5.91 Å². The summed E-state index contributed by atoms with van der Waals surface area (Å²) in [6.07, 6.45) is 2.36. The quantitative estimate of drug-likeness (QED) is 0.835. The molecule has 0 aliphatic heterocycles. The second kappa shape index (κ2) is 7.20. The van der Waals surface area contributed by atoms with Gasteiger partial charge in [0.15, 0.2) is 0 Å². The van der Waals surface area contributed by atoms with Gasteiger partial charge in [-0.25, -0.2) is 4.98 Å². The van der Waals surface area contributed by atoms with Crippen molar-refractivity contribution >= 4 is 23.2 Å². The van der Waals surface area contributed by atoms with Crippen molar-refractivity contribution in [3.05, 3.63) is 58.4 Å². The number of aromatic nitrogens is 1. The van der Waals surface area contributed by atoms with E-state index in [-0.39, 0.29) is 5.91 Å². The number of aryl methyl sites for hydroxylation is 1. The van der Waals surface area contributed by atoms with Gasteiger partial charge in [-0.3, -0.25) is 4.79 Å². The molecular weight excluding hydrogens is 286 g/mol. The fourth-order valence-corrected chi connectivity index (χ4v) is 2.15. The number of hydrogen-bond acceptors (Lipinski definition) is 3. The van der Waals surface area contributed by atoms with Gasteiger partial charge < -0.3 is 10.6 Å². The Morgan fingerprint density at radius 1 is 1.33 bits per heavy atom. The van der Waals surface area contributed by atoms with E-state index < -0.39 is 0 Å². The van der Waals surface area contributed by atoms with Crippen molar-refractivity contribution < 1.29 is 4.79 Å². The van der Waals surface area contributed by atoms with Crippen LogP contribution in [0.5, 0.6) is 0 Å². The molecule has 5 heteroatoms. The number of nitrogens with zero attached hydrogens (tertiary/aromatic N) is 1. The van der Waals surface area contributed by atoms with Gasteiger partial charge in [-0.1, -0.05) is 29.8 Å². The first-order chi connectivity index (χ1) is 10.1. The van der Waals surface area contributed by atoms with E-state index in [1.54, 1.807) is 6.20 Å². The molecule has 0 unspecified atom stereocenters. The molecule has 0 atom stereocenters. The van der Waals surface area contributed by atoms with Gasteiger partial charge in [-0.15, -0.1) is 0 Å². The molecule has 0 fully saturated rings. The molecule has 0 bridgehead atoms. The average molecular weight is 304 g/mol. The SMILES string of the molecule is CNCCc1ccccc1C(=O)Nc1cnc(Cl)c(C)c1. The van der Waals surface area contributed by atoms with Crippen LogP contribution in [-0.4, -0.2) is 24.5 Å². The third kappa shape index (κ3) is 4.03. The molecule has 0 saturated carbocycles. The van der Waals surface area contributed by atoms with Crippen LogP contribution >= 0.6 is 11.6 Å². The van der Waals surface area contributed by atoms with E-state index in [1.807, 2.05) is 44.3 Å². The topological polar surface area (TPSA) is 54.0 Å². The molecule has 4 nitrogen and oxygen atoms in total. The molecule has 0 aliphatic rings. The second-order valence-electron chi connectivity index (χ2n) is 4.80. The van der Waals surface area contributed by atoms with Gasteiger partial charge in [0.1, 0.15) is 5.15 Å². The lowest BCUT2D eigenvalue weighted by molar-refractivity contribution is 0.102. The van der Waals surface area contributed by atoms with E-state index in [2.05, 4.69) is 15.6 Å². The highest BCUT2D eigenvalue weighted by Gasteiger charge is 2.11. The molecule has 2 aromatic rings. The molecular formula is C16H18ClN3O. The molecule has 1 aromatic carbocycles. The number of carbonyl (C=O) groups is 1. The maximum Gasteiger partial charge on any atom is 0.255 e. The molecule has 0 radical (unpaired) electrons. The predicted octanol–water partition coefficient (Wildman–Crippen LogP) is 3.06. The third-order valence-electron chi connectivity index (χ3n) is 3.18. The summed E-state index contributed by atoms with van der Waals surface area (Å²) >= 11 is 5.89.